The largest absolute Gasteiger partial charge is 0.130 e. The van der Waals surface area contributed by atoms with Crippen molar-refractivity contribution in [1.29, 1.82) is 0 Å². The summed E-state index contributed by atoms with van der Waals surface area (Å²) in [5.41, 5.74) is 3.25. The molecule has 0 radical (unpaired) electrons. The zero-order chi connectivity index (χ0) is 9.78. The Morgan fingerprint density at radius 1 is 0.769 bits per heavy atom. The van der Waals surface area contributed by atoms with E-state index in [1.165, 1.54) is 51.4 Å². The van der Waals surface area contributed by atoms with E-state index in [1.54, 1.807) is 0 Å². The zero-order valence-electron chi connectivity index (χ0n) is 9.31. The molecule has 76 valence electrons. The molecule has 0 N–H and O–H groups in total. The average Bonchev–Trinajstić information content (AvgIpc) is 2.16. The molecule has 0 spiro atoms. The molecular weight excluding hydrogens is 156 g/mol. The second-order valence-corrected chi connectivity index (χ2v) is 3.57. The fourth-order valence-electron chi connectivity index (χ4n) is 1.24. The van der Waals surface area contributed by atoms with Gasteiger partial charge in [-0.15, -0.1) is 5.73 Å². The highest BCUT2D eigenvalue weighted by Crippen LogP contribution is 2.00. The van der Waals surface area contributed by atoms with Crippen molar-refractivity contribution in [3.63, 3.8) is 0 Å². The predicted octanol–water partition coefficient (Wildman–Crippen LogP) is 4.86. The van der Waals surface area contributed by atoms with Crippen molar-refractivity contribution >= 4 is 0 Å². The van der Waals surface area contributed by atoms with Crippen LogP contribution in [0.25, 0.3) is 0 Å². The SMILES string of the molecule is CCCCCC=C=CCCCCC. The van der Waals surface area contributed by atoms with Gasteiger partial charge in [-0.25, -0.2) is 0 Å². The second-order valence-electron chi connectivity index (χ2n) is 3.57. The van der Waals surface area contributed by atoms with Crippen LogP contribution in [0.2, 0.25) is 0 Å². The Labute approximate surface area is 83.7 Å². The first kappa shape index (κ1) is 12.5. The van der Waals surface area contributed by atoms with E-state index in [1.807, 2.05) is 0 Å². The summed E-state index contributed by atoms with van der Waals surface area (Å²) < 4.78 is 0. The molecule has 0 aliphatic rings. The van der Waals surface area contributed by atoms with Crippen LogP contribution in [0.4, 0.5) is 0 Å². The molecule has 0 saturated heterocycles. The van der Waals surface area contributed by atoms with Gasteiger partial charge in [0.25, 0.3) is 0 Å². The van der Waals surface area contributed by atoms with Crippen LogP contribution in [-0.2, 0) is 0 Å². The topological polar surface area (TPSA) is 0 Å². The maximum Gasteiger partial charge on any atom is -0.0274 e. The molecule has 0 heteroatoms. The summed E-state index contributed by atoms with van der Waals surface area (Å²) in [4.78, 5) is 0. The smallest absolute Gasteiger partial charge is 0.0274 e. The quantitative estimate of drug-likeness (QED) is 0.370. The van der Waals surface area contributed by atoms with Crippen molar-refractivity contribution in [3.8, 4) is 0 Å². The van der Waals surface area contributed by atoms with Crippen LogP contribution in [0.1, 0.15) is 65.2 Å². The molecule has 0 unspecified atom stereocenters. The number of unbranched alkanes of at least 4 members (excludes halogenated alkanes) is 6. The van der Waals surface area contributed by atoms with E-state index in [-0.39, 0.29) is 0 Å². The van der Waals surface area contributed by atoms with Gasteiger partial charge in [-0.3, -0.25) is 0 Å². The van der Waals surface area contributed by atoms with Gasteiger partial charge in [-0.1, -0.05) is 39.5 Å². The van der Waals surface area contributed by atoms with Crippen LogP contribution < -0.4 is 0 Å². The zero-order valence-corrected chi connectivity index (χ0v) is 9.31. The van der Waals surface area contributed by atoms with Gasteiger partial charge in [0.2, 0.25) is 0 Å². The lowest BCUT2D eigenvalue weighted by Gasteiger charge is -1.90. The lowest BCUT2D eigenvalue weighted by molar-refractivity contribution is 0.726. The molecule has 0 fully saturated rings. The van der Waals surface area contributed by atoms with E-state index in [0.29, 0.717) is 0 Å². The summed E-state index contributed by atoms with van der Waals surface area (Å²) in [5, 5.41) is 0. The number of hydrogen-bond donors (Lipinski definition) is 0. The van der Waals surface area contributed by atoms with E-state index in [4.69, 9.17) is 0 Å². The maximum absolute atomic E-state index is 3.25. The van der Waals surface area contributed by atoms with Crippen LogP contribution in [0.5, 0.6) is 0 Å². The van der Waals surface area contributed by atoms with Crippen LogP contribution in [0.15, 0.2) is 17.9 Å². The van der Waals surface area contributed by atoms with Gasteiger partial charge in [-0.05, 0) is 37.8 Å². The molecule has 0 nitrogen and oxygen atoms in total. The molecule has 0 amide bonds. The Morgan fingerprint density at radius 2 is 1.23 bits per heavy atom. The van der Waals surface area contributed by atoms with Gasteiger partial charge in [0.1, 0.15) is 0 Å². The monoisotopic (exact) mass is 180 g/mol. The van der Waals surface area contributed by atoms with Crippen LogP contribution in [0, 0.1) is 0 Å². The molecule has 0 aromatic carbocycles. The van der Waals surface area contributed by atoms with Gasteiger partial charge in [-0.2, -0.15) is 0 Å². The van der Waals surface area contributed by atoms with E-state index in [9.17, 15) is 0 Å². The fourth-order valence-corrected chi connectivity index (χ4v) is 1.24. The van der Waals surface area contributed by atoms with E-state index >= 15 is 0 Å². The normalized spacial score (nSPS) is 9.38. The van der Waals surface area contributed by atoms with Gasteiger partial charge in [0, 0.05) is 0 Å². The Morgan fingerprint density at radius 3 is 1.62 bits per heavy atom. The maximum atomic E-state index is 3.25. The highest BCUT2D eigenvalue weighted by Gasteiger charge is 1.81. The van der Waals surface area contributed by atoms with E-state index in [0.717, 1.165) is 0 Å². The number of rotatable bonds is 8. The number of allylic oxidation sites excluding steroid dienone is 1. The molecule has 0 heterocycles. The third kappa shape index (κ3) is 11.5. The Kier molecular flexibility index (Phi) is 11.1. The first-order valence-electron chi connectivity index (χ1n) is 5.81. The Balaban J connectivity index is 3.16. The van der Waals surface area contributed by atoms with Crippen molar-refractivity contribution in [1.82, 2.24) is 0 Å². The third-order valence-electron chi connectivity index (χ3n) is 2.14. The minimum Gasteiger partial charge on any atom is -0.130 e. The van der Waals surface area contributed by atoms with Crippen molar-refractivity contribution in [2.45, 2.75) is 65.2 Å². The molecule has 0 atom stereocenters. The van der Waals surface area contributed by atoms with Crippen molar-refractivity contribution < 1.29 is 0 Å². The van der Waals surface area contributed by atoms with E-state index in [2.05, 4.69) is 31.7 Å². The van der Waals surface area contributed by atoms with Gasteiger partial charge in [0.15, 0.2) is 0 Å². The van der Waals surface area contributed by atoms with Crippen LogP contribution >= 0.6 is 0 Å². The molecule has 13 heavy (non-hydrogen) atoms. The standard InChI is InChI=1S/C13H24/c1-3-5-7-9-11-13-12-10-8-6-4-2/h11-12H,3-10H2,1-2H3. The molecule has 0 aromatic rings. The molecule has 0 bridgehead atoms. The lowest BCUT2D eigenvalue weighted by Crippen LogP contribution is -1.70. The predicted molar refractivity (Wildman–Crippen MR) is 60.9 cm³/mol. The van der Waals surface area contributed by atoms with Crippen molar-refractivity contribution in [3.05, 3.63) is 17.9 Å². The number of hydrogen-bond acceptors (Lipinski definition) is 0. The van der Waals surface area contributed by atoms with Crippen molar-refractivity contribution in [2.24, 2.45) is 0 Å². The Bertz CT molecular complexity index is 124. The summed E-state index contributed by atoms with van der Waals surface area (Å²) in [5.74, 6) is 0. The van der Waals surface area contributed by atoms with Crippen LogP contribution in [-0.4, -0.2) is 0 Å². The van der Waals surface area contributed by atoms with Crippen LogP contribution in [0.3, 0.4) is 0 Å². The molecule has 0 aliphatic heterocycles. The fraction of sp³-hybridized carbons (Fsp3) is 0.769. The summed E-state index contributed by atoms with van der Waals surface area (Å²) >= 11 is 0. The summed E-state index contributed by atoms with van der Waals surface area (Å²) in [6.45, 7) is 4.48. The lowest BCUT2D eigenvalue weighted by atomic mass is 10.2. The van der Waals surface area contributed by atoms with Gasteiger partial charge < -0.3 is 0 Å². The van der Waals surface area contributed by atoms with Gasteiger partial charge >= 0.3 is 0 Å². The summed E-state index contributed by atoms with van der Waals surface area (Å²) in [6.07, 6.45) is 14.8. The second kappa shape index (κ2) is 11.5. The van der Waals surface area contributed by atoms with Gasteiger partial charge in [0.05, 0.1) is 0 Å². The highest BCUT2D eigenvalue weighted by molar-refractivity contribution is 4.84. The molecular formula is C13H24. The molecule has 0 aliphatic carbocycles. The highest BCUT2D eigenvalue weighted by atomic mass is 13.9. The average molecular weight is 180 g/mol. The molecule has 0 rings (SSSR count). The third-order valence-corrected chi connectivity index (χ3v) is 2.14. The molecule has 0 aromatic heterocycles. The minimum absolute atomic E-state index is 1.21. The Hall–Kier alpha value is -0.480. The first-order chi connectivity index (χ1) is 6.41. The minimum atomic E-state index is 1.21. The summed E-state index contributed by atoms with van der Waals surface area (Å²) in [7, 11) is 0. The van der Waals surface area contributed by atoms with E-state index < -0.39 is 0 Å². The first-order valence-corrected chi connectivity index (χ1v) is 5.81. The molecule has 0 saturated carbocycles. The summed E-state index contributed by atoms with van der Waals surface area (Å²) in [6, 6.07) is 0. The van der Waals surface area contributed by atoms with Crippen molar-refractivity contribution in [2.75, 3.05) is 0 Å².